The lowest BCUT2D eigenvalue weighted by molar-refractivity contribution is -0.128. The van der Waals surface area contributed by atoms with E-state index in [9.17, 15) is 22.8 Å². The van der Waals surface area contributed by atoms with Crippen LogP contribution in [0.4, 0.5) is 5.69 Å². The third kappa shape index (κ3) is 7.28. The van der Waals surface area contributed by atoms with Crippen molar-refractivity contribution < 1.29 is 27.5 Å². The summed E-state index contributed by atoms with van der Waals surface area (Å²) in [5.74, 6) is -0.210. The minimum absolute atomic E-state index is 0.142. The zero-order valence-corrected chi connectivity index (χ0v) is 21.4. The fraction of sp³-hybridized carbons (Fsp3) is 0.400. The van der Waals surface area contributed by atoms with Crippen molar-refractivity contribution in [2.45, 2.75) is 50.1 Å². The largest absolute Gasteiger partial charge is 0.497 e. The van der Waals surface area contributed by atoms with Crippen LogP contribution in [0.25, 0.3) is 0 Å². The molecule has 0 radical (unpaired) electrons. The number of piperidine rings is 1. The summed E-state index contributed by atoms with van der Waals surface area (Å²) < 4.78 is 32.7. The Morgan fingerprint density at radius 2 is 1.69 bits per heavy atom. The van der Waals surface area contributed by atoms with Crippen LogP contribution >= 0.6 is 0 Å². The van der Waals surface area contributed by atoms with Crippen molar-refractivity contribution in [3.8, 4) is 5.75 Å². The van der Waals surface area contributed by atoms with Crippen LogP contribution in [-0.4, -0.2) is 62.7 Å². The Morgan fingerprint density at radius 3 is 2.28 bits per heavy atom. The van der Waals surface area contributed by atoms with Gasteiger partial charge in [0.25, 0.3) is 0 Å². The highest BCUT2D eigenvalue weighted by molar-refractivity contribution is 7.89. The van der Waals surface area contributed by atoms with Gasteiger partial charge in [-0.2, -0.15) is 4.31 Å². The van der Waals surface area contributed by atoms with Crippen LogP contribution in [0.1, 0.15) is 32.3 Å². The molecule has 1 heterocycles. The fourth-order valence-electron chi connectivity index (χ4n) is 4.09. The highest BCUT2D eigenvalue weighted by Gasteiger charge is 2.31. The van der Waals surface area contributed by atoms with E-state index in [0.29, 0.717) is 30.7 Å². The average Bonchev–Trinajstić information content (AvgIpc) is 2.84. The highest BCUT2D eigenvalue weighted by atomic mass is 32.2. The SMILES string of the molecule is COc1cccc(C[C@H](NC(C)=O)C(=O)NC2CCN(S(=O)(=O)c3ccc(NC(C)=O)cc3)CC2)c1. The second-order valence-electron chi connectivity index (χ2n) is 8.70. The summed E-state index contributed by atoms with van der Waals surface area (Å²) >= 11 is 0. The standard InChI is InChI=1S/C25H32N4O6S/c1-17(30)26-20-7-9-23(10-8-20)36(33,34)29-13-11-21(12-14-29)28-25(32)24(27-18(2)31)16-19-5-4-6-22(15-19)35-3/h4-10,15,21,24H,11-14,16H2,1-3H3,(H,26,30)(H,27,31)(H,28,32)/t24-/m0/s1. The third-order valence-corrected chi connectivity index (χ3v) is 7.79. The molecular weight excluding hydrogens is 484 g/mol. The normalized spacial score (nSPS) is 15.5. The first-order valence-corrected chi connectivity index (χ1v) is 13.1. The summed E-state index contributed by atoms with van der Waals surface area (Å²) in [6, 6.07) is 12.3. The van der Waals surface area contributed by atoms with Crippen molar-refractivity contribution in [3.05, 3.63) is 54.1 Å². The lowest BCUT2D eigenvalue weighted by Crippen LogP contribution is -2.53. The highest BCUT2D eigenvalue weighted by Crippen LogP contribution is 2.22. The topological polar surface area (TPSA) is 134 Å². The number of methoxy groups -OCH3 is 1. The number of carbonyl (C=O) groups is 3. The van der Waals surface area contributed by atoms with Crippen LogP contribution in [0.5, 0.6) is 5.75 Å². The second-order valence-corrected chi connectivity index (χ2v) is 10.6. The smallest absolute Gasteiger partial charge is 0.243 e. The van der Waals surface area contributed by atoms with Gasteiger partial charge in [-0.15, -0.1) is 0 Å². The van der Waals surface area contributed by atoms with Gasteiger partial charge < -0.3 is 20.7 Å². The average molecular weight is 517 g/mol. The van der Waals surface area contributed by atoms with Crippen molar-refractivity contribution in [3.63, 3.8) is 0 Å². The number of ether oxygens (including phenoxy) is 1. The van der Waals surface area contributed by atoms with Crippen LogP contribution in [0.15, 0.2) is 53.4 Å². The molecule has 0 unspecified atom stereocenters. The minimum atomic E-state index is -3.70. The van der Waals surface area contributed by atoms with Gasteiger partial charge in [0.2, 0.25) is 27.7 Å². The van der Waals surface area contributed by atoms with Crippen molar-refractivity contribution in [1.29, 1.82) is 0 Å². The molecule has 1 aliphatic rings. The number of hydrogen-bond acceptors (Lipinski definition) is 6. The molecule has 1 fully saturated rings. The van der Waals surface area contributed by atoms with Gasteiger partial charge in [-0.1, -0.05) is 12.1 Å². The molecule has 0 spiro atoms. The lowest BCUT2D eigenvalue weighted by atomic mass is 10.0. The maximum atomic E-state index is 13.0. The molecule has 1 saturated heterocycles. The van der Waals surface area contributed by atoms with Gasteiger partial charge >= 0.3 is 0 Å². The molecule has 1 aliphatic heterocycles. The molecule has 194 valence electrons. The molecule has 1 atom stereocenters. The Kier molecular flexibility index (Phi) is 9.05. The van der Waals surface area contributed by atoms with Gasteiger partial charge in [-0.25, -0.2) is 8.42 Å². The number of anilines is 1. The summed E-state index contributed by atoms with van der Waals surface area (Å²) in [4.78, 5) is 36.0. The molecule has 0 aliphatic carbocycles. The van der Waals surface area contributed by atoms with E-state index >= 15 is 0 Å². The number of benzene rings is 2. The second kappa shape index (κ2) is 12.0. The maximum Gasteiger partial charge on any atom is 0.243 e. The summed E-state index contributed by atoms with van der Waals surface area (Å²) in [5, 5.41) is 8.27. The first kappa shape index (κ1) is 27.2. The molecule has 2 aromatic carbocycles. The first-order chi connectivity index (χ1) is 17.1. The fourth-order valence-corrected chi connectivity index (χ4v) is 5.56. The summed E-state index contributed by atoms with van der Waals surface area (Å²) in [6.07, 6.45) is 1.19. The number of hydrogen-bond donors (Lipinski definition) is 3. The molecule has 36 heavy (non-hydrogen) atoms. The van der Waals surface area contributed by atoms with E-state index < -0.39 is 16.1 Å². The maximum absolute atomic E-state index is 13.0. The first-order valence-electron chi connectivity index (χ1n) is 11.7. The monoisotopic (exact) mass is 516 g/mol. The minimum Gasteiger partial charge on any atom is -0.497 e. The number of carbonyl (C=O) groups excluding carboxylic acids is 3. The van der Waals surface area contributed by atoms with E-state index in [1.165, 1.54) is 30.3 Å². The van der Waals surface area contributed by atoms with Crippen LogP contribution in [0, 0.1) is 0 Å². The van der Waals surface area contributed by atoms with E-state index in [4.69, 9.17) is 4.74 Å². The molecule has 0 bridgehead atoms. The third-order valence-electron chi connectivity index (χ3n) is 5.88. The zero-order valence-electron chi connectivity index (χ0n) is 20.6. The molecule has 0 saturated carbocycles. The summed E-state index contributed by atoms with van der Waals surface area (Å²) in [5.41, 5.74) is 1.36. The van der Waals surface area contributed by atoms with Crippen molar-refractivity contribution in [2.75, 3.05) is 25.5 Å². The van der Waals surface area contributed by atoms with E-state index in [2.05, 4.69) is 16.0 Å². The van der Waals surface area contributed by atoms with Gasteiger partial charge in [0, 0.05) is 45.1 Å². The van der Waals surface area contributed by atoms with Gasteiger partial charge in [0.05, 0.1) is 12.0 Å². The molecule has 0 aromatic heterocycles. The van der Waals surface area contributed by atoms with Crippen LogP contribution in [0.3, 0.4) is 0 Å². The zero-order chi connectivity index (χ0) is 26.3. The predicted octanol–water partition coefficient (Wildman–Crippen LogP) is 1.67. The molecular formula is C25H32N4O6S. The lowest BCUT2D eigenvalue weighted by Gasteiger charge is -2.32. The number of rotatable bonds is 9. The van der Waals surface area contributed by atoms with E-state index in [0.717, 1.165) is 5.56 Å². The predicted molar refractivity (Wildman–Crippen MR) is 135 cm³/mol. The van der Waals surface area contributed by atoms with E-state index in [1.54, 1.807) is 25.3 Å². The van der Waals surface area contributed by atoms with E-state index in [1.807, 2.05) is 18.2 Å². The van der Waals surface area contributed by atoms with Gasteiger partial charge in [-0.05, 0) is 54.8 Å². The number of nitrogens with one attached hydrogen (secondary N) is 3. The summed E-state index contributed by atoms with van der Waals surface area (Å²) in [7, 11) is -2.14. The van der Waals surface area contributed by atoms with Crippen molar-refractivity contribution >= 4 is 33.4 Å². The molecule has 10 nitrogen and oxygen atoms in total. The van der Waals surface area contributed by atoms with Crippen LogP contribution in [-0.2, 0) is 30.8 Å². The van der Waals surface area contributed by atoms with E-state index in [-0.39, 0.29) is 41.7 Å². The van der Waals surface area contributed by atoms with Crippen molar-refractivity contribution in [1.82, 2.24) is 14.9 Å². The molecule has 2 aromatic rings. The quantitative estimate of drug-likeness (QED) is 0.464. The summed E-state index contributed by atoms with van der Waals surface area (Å²) in [6.45, 7) is 3.24. The molecule has 3 amide bonds. The van der Waals surface area contributed by atoms with Gasteiger partial charge in [0.15, 0.2) is 0 Å². The van der Waals surface area contributed by atoms with Crippen LogP contribution < -0.4 is 20.7 Å². The number of amides is 3. The van der Waals surface area contributed by atoms with Crippen LogP contribution in [0.2, 0.25) is 0 Å². The Balaban J connectivity index is 1.59. The molecule has 3 N–H and O–H groups in total. The van der Waals surface area contributed by atoms with Gasteiger partial charge in [0.1, 0.15) is 11.8 Å². The molecule has 11 heteroatoms. The Hall–Kier alpha value is -3.44. The number of sulfonamides is 1. The van der Waals surface area contributed by atoms with Gasteiger partial charge in [-0.3, -0.25) is 14.4 Å². The van der Waals surface area contributed by atoms with Crippen molar-refractivity contribution in [2.24, 2.45) is 0 Å². The Bertz CT molecular complexity index is 1190. The molecule has 3 rings (SSSR count). The Morgan fingerprint density at radius 1 is 1.03 bits per heavy atom. The Labute approximate surface area is 211 Å². The number of nitrogens with zero attached hydrogens (tertiary/aromatic N) is 1.